The first kappa shape index (κ1) is 5.38. The second-order valence-electron chi connectivity index (χ2n) is 1.01. The molecule has 0 rings (SSSR count). The van der Waals surface area contributed by atoms with Crippen molar-refractivity contribution in [2.24, 2.45) is 0 Å². The smallest absolute Gasteiger partial charge is 0.0743 e. The SMILES string of the molecule is [SiH3][SiH]([SiH3])I. The first-order chi connectivity index (χ1) is 1.73. The van der Waals surface area contributed by atoms with Gasteiger partial charge in [-0.2, -0.15) is 0 Å². The molecule has 0 spiro atoms. The quantitative estimate of drug-likeness (QED) is 0.247. The zero-order chi connectivity index (χ0) is 3.58. The van der Waals surface area contributed by atoms with Crippen LogP contribution in [0.2, 0.25) is 0 Å². The maximum Gasteiger partial charge on any atom is 0.0743 e. The van der Waals surface area contributed by atoms with E-state index in [0.717, 1.165) is 0 Å². The predicted octanol–water partition coefficient (Wildman–Crippen LogP) is -2.13. The summed E-state index contributed by atoms with van der Waals surface area (Å²) in [5, 5.41) is 0.109. The summed E-state index contributed by atoms with van der Waals surface area (Å²) in [6.07, 6.45) is 0. The lowest BCUT2D eigenvalue weighted by Crippen LogP contribution is -1.98. The van der Waals surface area contributed by atoms with Crippen LogP contribution in [0.5, 0.6) is 0 Å². The molecule has 0 radical (unpaired) electrons. The lowest BCUT2D eigenvalue weighted by Gasteiger charge is -1.72. The van der Waals surface area contributed by atoms with Crippen LogP contribution in [0.3, 0.4) is 0 Å². The minimum Gasteiger partial charge on any atom is -0.132 e. The molecule has 4 heteroatoms. The molecule has 0 fully saturated rings. The van der Waals surface area contributed by atoms with Crippen molar-refractivity contribution < 1.29 is 0 Å². The van der Waals surface area contributed by atoms with Gasteiger partial charge in [-0.05, 0) is 0 Å². The van der Waals surface area contributed by atoms with Crippen LogP contribution in [0.15, 0.2) is 0 Å². The minimum atomic E-state index is 0.109. The molecule has 4 heavy (non-hydrogen) atoms. The standard InChI is InChI=1S/H7ISi3/c1-4(2)3/h4H,2-3H3. The number of halogens is 1. The lowest BCUT2D eigenvalue weighted by atomic mass is 26.7. The van der Waals surface area contributed by atoms with Crippen LogP contribution in [0, 0.1) is 0 Å². The Kier molecular flexibility index (Phi) is 3.51. The largest absolute Gasteiger partial charge is 0.132 e. The van der Waals surface area contributed by atoms with E-state index in [1.807, 2.05) is 0 Å². The molecule has 0 nitrogen and oxygen atoms in total. The fourth-order valence-corrected chi connectivity index (χ4v) is 0. The van der Waals surface area contributed by atoms with Crippen LogP contribution in [-0.4, -0.2) is 24.8 Å². The van der Waals surface area contributed by atoms with Gasteiger partial charge >= 0.3 is 0 Å². The molecule has 0 aliphatic rings. The van der Waals surface area contributed by atoms with Crippen LogP contribution in [0.25, 0.3) is 0 Å². The molecular weight excluding hydrogens is 211 g/mol. The van der Waals surface area contributed by atoms with Crippen molar-refractivity contribution >= 4 is 46.6 Å². The molecule has 0 atom stereocenters. The van der Waals surface area contributed by atoms with E-state index in [4.69, 9.17) is 0 Å². The summed E-state index contributed by atoms with van der Waals surface area (Å²) in [5.74, 6) is 0. The highest BCUT2D eigenvalue weighted by Gasteiger charge is 1.75. The van der Waals surface area contributed by atoms with Gasteiger partial charge in [0.15, 0.2) is 0 Å². The zero-order valence-corrected chi connectivity index (χ0v) is 10.3. The summed E-state index contributed by atoms with van der Waals surface area (Å²) in [7, 11) is 3.07. The van der Waals surface area contributed by atoms with E-state index in [-0.39, 0.29) is 5.33 Å². The van der Waals surface area contributed by atoms with Crippen molar-refractivity contribution in [1.29, 1.82) is 0 Å². The number of hydrogen-bond donors (Lipinski definition) is 0. The van der Waals surface area contributed by atoms with E-state index in [1.165, 1.54) is 19.5 Å². The minimum absolute atomic E-state index is 0.109. The molecule has 0 aromatic heterocycles. The van der Waals surface area contributed by atoms with Crippen molar-refractivity contribution in [2.75, 3.05) is 0 Å². The Morgan fingerprint density at radius 3 is 1.50 bits per heavy atom. The fraction of sp³-hybridized carbons (Fsp3) is 0. The van der Waals surface area contributed by atoms with Gasteiger partial charge < -0.3 is 0 Å². The Bertz CT molecular complexity index is 8.00. The van der Waals surface area contributed by atoms with Crippen LogP contribution >= 0.6 is 21.8 Å². The van der Waals surface area contributed by atoms with Gasteiger partial charge in [-0.15, -0.1) is 21.8 Å². The summed E-state index contributed by atoms with van der Waals surface area (Å²) in [5.41, 5.74) is 0. The molecule has 0 aromatic carbocycles. The Balaban J connectivity index is 2.32. The Morgan fingerprint density at radius 1 is 1.50 bits per heavy atom. The summed E-state index contributed by atoms with van der Waals surface area (Å²) in [4.78, 5) is 0. The predicted molar refractivity (Wildman–Crippen MR) is 41.0 cm³/mol. The number of hydrogen-bond acceptors (Lipinski definition) is 0. The monoisotopic (exact) mass is 218 g/mol. The topological polar surface area (TPSA) is 0 Å². The van der Waals surface area contributed by atoms with Crippen molar-refractivity contribution in [3.8, 4) is 0 Å². The molecule has 0 aliphatic carbocycles. The molecule has 0 N–H and O–H groups in total. The molecule has 26 valence electrons. The maximum absolute atomic E-state index is 2.61. The first-order valence-corrected chi connectivity index (χ1v) is 14.8. The molecule has 0 bridgehead atoms. The van der Waals surface area contributed by atoms with Gasteiger partial charge in [-0.3, -0.25) is 0 Å². The second-order valence-corrected chi connectivity index (χ2v) is 41.9. The third-order valence-electron chi connectivity index (χ3n) is 0. The van der Waals surface area contributed by atoms with Gasteiger partial charge in [0.2, 0.25) is 0 Å². The average Bonchev–Trinajstić information content (AvgIpc) is 0.811. The molecule has 0 unspecified atom stereocenters. The van der Waals surface area contributed by atoms with E-state index < -0.39 is 0 Å². The highest BCUT2D eigenvalue weighted by Crippen LogP contribution is 1.74. The first-order valence-electron chi connectivity index (χ1n) is 1.37. The molecule has 0 heterocycles. The van der Waals surface area contributed by atoms with E-state index in [0.29, 0.717) is 0 Å². The van der Waals surface area contributed by atoms with Crippen molar-refractivity contribution in [1.82, 2.24) is 0 Å². The normalized spacial score (nSPS) is 17.2. The molecule has 0 amide bonds. The van der Waals surface area contributed by atoms with E-state index in [9.17, 15) is 0 Å². The van der Waals surface area contributed by atoms with Crippen LogP contribution < -0.4 is 0 Å². The van der Waals surface area contributed by atoms with E-state index in [1.54, 1.807) is 0 Å². The molecule has 0 saturated heterocycles. The lowest BCUT2D eigenvalue weighted by molar-refractivity contribution is 4.29. The van der Waals surface area contributed by atoms with Gasteiger partial charge in [0.25, 0.3) is 0 Å². The second kappa shape index (κ2) is 2.61. The Hall–Kier alpha value is 1.38. The van der Waals surface area contributed by atoms with E-state index >= 15 is 0 Å². The average molecular weight is 218 g/mol. The molecule has 0 saturated carbocycles. The van der Waals surface area contributed by atoms with Gasteiger partial charge in [0, 0.05) is 19.5 Å². The van der Waals surface area contributed by atoms with Crippen molar-refractivity contribution in [2.45, 2.75) is 0 Å². The van der Waals surface area contributed by atoms with Gasteiger partial charge in [-0.25, -0.2) is 0 Å². The molecule has 0 aromatic rings. The van der Waals surface area contributed by atoms with E-state index in [2.05, 4.69) is 21.8 Å². The van der Waals surface area contributed by atoms with Crippen LogP contribution in [0.1, 0.15) is 0 Å². The van der Waals surface area contributed by atoms with Gasteiger partial charge in [0.05, 0.1) is 5.33 Å². The third kappa shape index (κ3) is 10.1. The summed E-state index contributed by atoms with van der Waals surface area (Å²) in [6, 6.07) is 0. The van der Waals surface area contributed by atoms with Gasteiger partial charge in [-0.1, -0.05) is 0 Å². The summed E-state index contributed by atoms with van der Waals surface area (Å²) >= 11 is 2.61. The summed E-state index contributed by atoms with van der Waals surface area (Å²) in [6.45, 7) is 0. The molecule has 0 aliphatic heterocycles. The summed E-state index contributed by atoms with van der Waals surface area (Å²) < 4.78 is 0. The van der Waals surface area contributed by atoms with Crippen molar-refractivity contribution in [3.63, 3.8) is 0 Å². The molecular formula is H7ISi3. The van der Waals surface area contributed by atoms with Gasteiger partial charge in [0.1, 0.15) is 0 Å². The fourth-order valence-electron chi connectivity index (χ4n) is 0. The van der Waals surface area contributed by atoms with Crippen LogP contribution in [0.4, 0.5) is 0 Å². The van der Waals surface area contributed by atoms with Crippen LogP contribution in [-0.2, 0) is 0 Å². The zero-order valence-electron chi connectivity index (χ0n) is 2.96. The Morgan fingerprint density at radius 2 is 1.50 bits per heavy atom. The third-order valence-corrected chi connectivity index (χ3v) is 0. The highest BCUT2D eigenvalue weighted by molar-refractivity contribution is 14.1. The maximum atomic E-state index is 2.61. The van der Waals surface area contributed by atoms with Crippen molar-refractivity contribution in [3.05, 3.63) is 0 Å². The highest BCUT2D eigenvalue weighted by atomic mass is 127. The Labute approximate surface area is 46.6 Å². The number of rotatable bonds is 0.